The van der Waals surface area contributed by atoms with Crippen molar-refractivity contribution in [1.29, 1.82) is 0 Å². The molecule has 0 saturated heterocycles. The molecule has 0 aliphatic heterocycles. The van der Waals surface area contributed by atoms with Crippen LogP contribution in [-0.2, 0) is 21.1 Å². The predicted molar refractivity (Wildman–Crippen MR) is 78.4 cm³/mol. The number of benzene rings is 2. The highest BCUT2D eigenvalue weighted by molar-refractivity contribution is 7.92. The summed E-state index contributed by atoms with van der Waals surface area (Å²) < 4.78 is 42.7. The molecule has 0 saturated carbocycles. The lowest BCUT2D eigenvalue weighted by atomic mass is 10.3. The molecule has 0 aromatic heterocycles. The van der Waals surface area contributed by atoms with E-state index in [1.807, 2.05) is 0 Å². The average molecular weight is 311 g/mol. The lowest BCUT2D eigenvalue weighted by Crippen LogP contribution is -2.12. The maximum atomic E-state index is 12.1. The summed E-state index contributed by atoms with van der Waals surface area (Å²) in [5.74, 6) is 0.332. The molecule has 2 aromatic carbocycles. The Bertz CT molecular complexity index is 714. The van der Waals surface area contributed by atoms with E-state index in [1.165, 1.54) is 24.5 Å². The average Bonchev–Trinajstić information content (AvgIpc) is 2.39. The lowest BCUT2D eigenvalue weighted by molar-refractivity contribution is 0.568. The fraction of sp³-hybridized carbons (Fsp3) is 0.0769. The fourth-order valence-electron chi connectivity index (χ4n) is 1.56. The Kier molecular flexibility index (Phi) is 4.41. The van der Waals surface area contributed by atoms with Crippen molar-refractivity contribution in [2.45, 2.75) is 4.90 Å². The van der Waals surface area contributed by atoms with Crippen LogP contribution in [0.2, 0.25) is 0 Å². The minimum absolute atomic E-state index is 0.172. The molecule has 106 valence electrons. The van der Waals surface area contributed by atoms with E-state index in [0.29, 0.717) is 11.4 Å². The van der Waals surface area contributed by atoms with Gasteiger partial charge in [0.15, 0.2) is 0 Å². The summed E-state index contributed by atoms with van der Waals surface area (Å²) in [5.41, 5.74) is 0.344. The Hall–Kier alpha value is -1.86. The van der Waals surface area contributed by atoms with Crippen molar-refractivity contribution in [3.8, 4) is 5.75 Å². The first-order valence-electron chi connectivity index (χ1n) is 5.67. The van der Waals surface area contributed by atoms with Crippen LogP contribution in [0.5, 0.6) is 5.75 Å². The topological polar surface area (TPSA) is 72.5 Å². The molecule has 20 heavy (non-hydrogen) atoms. The molecule has 7 heteroatoms. The molecular weight excluding hydrogens is 298 g/mol. The monoisotopic (exact) mass is 311 g/mol. The second-order valence-corrected chi connectivity index (χ2v) is 6.58. The summed E-state index contributed by atoms with van der Waals surface area (Å²) in [6.45, 7) is 0. The summed E-state index contributed by atoms with van der Waals surface area (Å²) in [6, 6.07) is 14.3. The van der Waals surface area contributed by atoms with Crippen molar-refractivity contribution in [3.63, 3.8) is 0 Å². The third kappa shape index (κ3) is 3.82. The molecule has 0 aliphatic rings. The highest BCUT2D eigenvalue weighted by Crippen LogP contribution is 2.21. The van der Waals surface area contributed by atoms with Gasteiger partial charge in [-0.3, -0.25) is 4.72 Å². The SMILES string of the molecule is CS(=O)Oc1cccc(NS(=O)(=O)c2ccccc2)c1. The van der Waals surface area contributed by atoms with Crippen molar-refractivity contribution in [2.75, 3.05) is 11.0 Å². The Balaban J connectivity index is 2.24. The zero-order chi connectivity index (χ0) is 14.6. The summed E-state index contributed by atoms with van der Waals surface area (Å²) in [4.78, 5) is 0.172. The fourth-order valence-corrected chi connectivity index (χ4v) is 3.01. The van der Waals surface area contributed by atoms with Crippen LogP contribution < -0.4 is 8.91 Å². The highest BCUT2D eigenvalue weighted by Gasteiger charge is 2.13. The summed E-state index contributed by atoms with van der Waals surface area (Å²) in [5, 5.41) is 0. The van der Waals surface area contributed by atoms with E-state index in [4.69, 9.17) is 4.18 Å². The van der Waals surface area contributed by atoms with Crippen LogP contribution in [0, 0.1) is 0 Å². The van der Waals surface area contributed by atoms with Crippen LogP contribution >= 0.6 is 0 Å². The zero-order valence-corrected chi connectivity index (χ0v) is 12.3. The van der Waals surface area contributed by atoms with E-state index in [1.54, 1.807) is 36.4 Å². The van der Waals surface area contributed by atoms with Crippen LogP contribution in [0.1, 0.15) is 0 Å². The normalized spacial score (nSPS) is 12.7. The maximum Gasteiger partial charge on any atom is 0.261 e. The molecule has 5 nitrogen and oxygen atoms in total. The quantitative estimate of drug-likeness (QED) is 0.918. The molecule has 1 unspecified atom stereocenters. The largest absolute Gasteiger partial charge is 0.401 e. The zero-order valence-electron chi connectivity index (χ0n) is 10.6. The number of rotatable bonds is 5. The van der Waals surface area contributed by atoms with E-state index >= 15 is 0 Å². The smallest absolute Gasteiger partial charge is 0.261 e. The Morgan fingerprint density at radius 2 is 1.75 bits per heavy atom. The number of hydrogen-bond donors (Lipinski definition) is 1. The third-order valence-electron chi connectivity index (χ3n) is 2.35. The third-order valence-corrected chi connectivity index (χ3v) is 4.18. The number of anilines is 1. The number of hydrogen-bond acceptors (Lipinski definition) is 4. The molecule has 1 atom stereocenters. The van der Waals surface area contributed by atoms with E-state index in [9.17, 15) is 12.6 Å². The molecular formula is C13H13NO4S2. The van der Waals surface area contributed by atoms with Crippen LogP contribution in [0.25, 0.3) is 0 Å². The Labute approximate surface area is 120 Å². The van der Waals surface area contributed by atoms with Gasteiger partial charge in [-0.1, -0.05) is 24.3 Å². The minimum Gasteiger partial charge on any atom is -0.401 e. The van der Waals surface area contributed by atoms with Gasteiger partial charge in [-0.25, -0.2) is 12.6 Å². The lowest BCUT2D eigenvalue weighted by Gasteiger charge is -2.09. The van der Waals surface area contributed by atoms with Crippen molar-refractivity contribution in [1.82, 2.24) is 0 Å². The van der Waals surface area contributed by atoms with Gasteiger partial charge >= 0.3 is 0 Å². The molecule has 0 amide bonds. The summed E-state index contributed by atoms with van der Waals surface area (Å²) in [6.07, 6.45) is 1.39. The van der Waals surface area contributed by atoms with Gasteiger partial charge in [-0.15, -0.1) is 0 Å². The molecule has 0 fully saturated rings. The number of sulfonamides is 1. The second kappa shape index (κ2) is 6.06. The van der Waals surface area contributed by atoms with Gasteiger partial charge in [0.25, 0.3) is 10.0 Å². The van der Waals surface area contributed by atoms with Crippen molar-refractivity contribution in [2.24, 2.45) is 0 Å². The van der Waals surface area contributed by atoms with Crippen molar-refractivity contribution in [3.05, 3.63) is 54.6 Å². The van der Waals surface area contributed by atoms with Gasteiger partial charge < -0.3 is 4.18 Å². The van der Waals surface area contributed by atoms with Crippen LogP contribution in [0.4, 0.5) is 5.69 Å². The molecule has 2 rings (SSSR count). The highest BCUT2D eigenvalue weighted by atomic mass is 32.2. The number of nitrogens with one attached hydrogen (secondary N) is 1. The van der Waals surface area contributed by atoms with Crippen molar-refractivity contribution >= 4 is 26.8 Å². The summed E-state index contributed by atoms with van der Waals surface area (Å²) in [7, 11) is -3.64. The summed E-state index contributed by atoms with van der Waals surface area (Å²) >= 11 is -1.46. The van der Waals surface area contributed by atoms with Gasteiger partial charge in [0.1, 0.15) is 5.75 Å². The van der Waals surface area contributed by atoms with Gasteiger partial charge in [0.05, 0.1) is 10.6 Å². The van der Waals surface area contributed by atoms with Crippen LogP contribution in [0.3, 0.4) is 0 Å². The first-order valence-corrected chi connectivity index (χ1v) is 8.64. The van der Waals surface area contributed by atoms with E-state index < -0.39 is 21.1 Å². The van der Waals surface area contributed by atoms with Gasteiger partial charge in [0.2, 0.25) is 11.1 Å². The van der Waals surface area contributed by atoms with Gasteiger partial charge in [-0.2, -0.15) is 0 Å². The first-order chi connectivity index (χ1) is 9.47. The van der Waals surface area contributed by atoms with Crippen LogP contribution in [-0.4, -0.2) is 18.9 Å². The molecule has 0 bridgehead atoms. The first kappa shape index (κ1) is 14.5. The molecule has 0 aliphatic carbocycles. The van der Waals surface area contributed by atoms with Gasteiger partial charge in [0, 0.05) is 12.3 Å². The van der Waals surface area contributed by atoms with E-state index in [2.05, 4.69) is 4.72 Å². The molecule has 0 heterocycles. The Morgan fingerprint density at radius 1 is 1.05 bits per heavy atom. The minimum atomic E-state index is -3.64. The molecule has 2 aromatic rings. The van der Waals surface area contributed by atoms with Gasteiger partial charge in [-0.05, 0) is 24.3 Å². The second-order valence-electron chi connectivity index (χ2n) is 3.93. The van der Waals surface area contributed by atoms with Crippen molar-refractivity contribution < 1.29 is 16.8 Å². The maximum absolute atomic E-state index is 12.1. The molecule has 0 radical (unpaired) electrons. The van der Waals surface area contributed by atoms with E-state index in [-0.39, 0.29) is 4.90 Å². The molecule has 0 spiro atoms. The van der Waals surface area contributed by atoms with E-state index in [0.717, 1.165) is 0 Å². The molecule has 1 N–H and O–H groups in total. The standard InChI is InChI=1S/C13H13NO4S2/c1-19(15)18-12-7-5-6-11(10-12)14-20(16,17)13-8-3-2-4-9-13/h2-10,14H,1H3. The van der Waals surface area contributed by atoms with Crippen LogP contribution in [0.15, 0.2) is 59.5 Å². The predicted octanol–water partition coefficient (Wildman–Crippen LogP) is 2.16. The Morgan fingerprint density at radius 3 is 2.40 bits per heavy atom.